The first kappa shape index (κ1) is 13.1. The molecule has 2 aliphatic rings. The maximum absolute atomic E-state index is 12.4. The Morgan fingerprint density at radius 3 is 2.56 bits per heavy atom. The van der Waals surface area contributed by atoms with E-state index in [0.717, 1.165) is 24.4 Å². The molecule has 0 aromatic carbocycles. The molecule has 0 aliphatic carbocycles. The highest BCUT2D eigenvalue weighted by atomic mass is 16.2. The van der Waals surface area contributed by atoms with E-state index in [1.165, 1.54) is 0 Å². The number of aliphatic imine (C=N–C) groups is 1. The van der Waals surface area contributed by atoms with Crippen LogP contribution < -0.4 is 0 Å². The number of carbonyl (C=O) groups excluding carboxylic acids is 1. The highest BCUT2D eigenvalue weighted by Crippen LogP contribution is 2.26. The molecule has 0 bridgehead atoms. The summed E-state index contributed by atoms with van der Waals surface area (Å²) in [6, 6.07) is -0.310. The zero-order valence-electron chi connectivity index (χ0n) is 11.8. The number of fused-ring (bicyclic) bond motifs is 1. The third kappa shape index (κ3) is 1.91. The molecule has 100 valence electrons. The van der Waals surface area contributed by atoms with Gasteiger partial charge in [-0.05, 0) is 6.42 Å². The first-order valence-corrected chi connectivity index (χ1v) is 6.62. The molecule has 0 saturated heterocycles. The number of hydrogen-bond acceptors (Lipinski definition) is 4. The lowest BCUT2D eigenvalue weighted by Gasteiger charge is -2.34. The third-order valence-corrected chi connectivity index (χ3v) is 3.55. The lowest BCUT2D eigenvalue weighted by Crippen LogP contribution is -2.55. The van der Waals surface area contributed by atoms with Gasteiger partial charge in [0.15, 0.2) is 6.04 Å². The van der Waals surface area contributed by atoms with Gasteiger partial charge in [-0.15, -0.1) is 0 Å². The summed E-state index contributed by atoms with van der Waals surface area (Å²) in [5.41, 5.74) is 1.05. The number of nitrogens with zero attached hydrogens (tertiary/aromatic N) is 4. The van der Waals surface area contributed by atoms with E-state index < -0.39 is 0 Å². The highest BCUT2D eigenvalue weighted by molar-refractivity contribution is 6.09. The van der Waals surface area contributed by atoms with Crippen LogP contribution in [-0.2, 0) is 4.79 Å². The Morgan fingerprint density at radius 2 is 2.00 bits per heavy atom. The van der Waals surface area contributed by atoms with Crippen LogP contribution in [0.1, 0.15) is 33.6 Å². The molecule has 5 heteroatoms. The van der Waals surface area contributed by atoms with Crippen molar-refractivity contribution in [2.24, 2.45) is 16.0 Å². The molecule has 0 N–H and O–H groups in total. The number of likely N-dealkylation sites (N-methyl/N-ethyl adjacent to an activating group) is 2. The van der Waals surface area contributed by atoms with Crippen LogP contribution >= 0.6 is 0 Å². The van der Waals surface area contributed by atoms with Crippen LogP contribution in [0, 0.1) is 5.92 Å². The van der Waals surface area contributed by atoms with E-state index in [0.29, 0.717) is 0 Å². The summed E-state index contributed by atoms with van der Waals surface area (Å²) in [5.74, 6) is 1.24. The van der Waals surface area contributed by atoms with Gasteiger partial charge in [-0.25, -0.2) is 0 Å². The molecule has 2 atom stereocenters. The molecule has 0 radical (unpaired) electrons. The van der Waals surface area contributed by atoms with E-state index in [1.54, 1.807) is 9.91 Å². The second-order valence-corrected chi connectivity index (χ2v) is 5.34. The Hall–Kier alpha value is -1.39. The van der Waals surface area contributed by atoms with Crippen LogP contribution in [-0.4, -0.2) is 53.5 Å². The number of amidine groups is 1. The molecular formula is C13H22N4O. The van der Waals surface area contributed by atoms with Crippen LogP contribution in [0.5, 0.6) is 0 Å². The van der Waals surface area contributed by atoms with Gasteiger partial charge in [0, 0.05) is 20.0 Å². The van der Waals surface area contributed by atoms with Crippen molar-refractivity contribution in [2.75, 3.05) is 14.1 Å². The van der Waals surface area contributed by atoms with Crippen molar-refractivity contribution in [1.82, 2.24) is 9.91 Å². The fourth-order valence-corrected chi connectivity index (χ4v) is 2.68. The maximum atomic E-state index is 12.4. The Bertz CT molecular complexity index is 413. The minimum absolute atomic E-state index is 0.0731. The summed E-state index contributed by atoms with van der Waals surface area (Å²) in [4.78, 5) is 18.9. The molecule has 0 fully saturated rings. The van der Waals surface area contributed by atoms with Gasteiger partial charge < -0.3 is 4.90 Å². The number of rotatable bonds is 3. The van der Waals surface area contributed by atoms with Crippen LogP contribution in [0.4, 0.5) is 0 Å². The van der Waals surface area contributed by atoms with Crippen LogP contribution in [0.25, 0.3) is 0 Å². The second-order valence-electron chi connectivity index (χ2n) is 5.34. The van der Waals surface area contributed by atoms with Crippen molar-refractivity contribution in [2.45, 2.75) is 45.7 Å². The van der Waals surface area contributed by atoms with Crippen molar-refractivity contribution in [3.8, 4) is 0 Å². The fourth-order valence-electron chi connectivity index (χ4n) is 2.68. The smallest absolute Gasteiger partial charge is 0.254 e. The third-order valence-electron chi connectivity index (χ3n) is 3.55. The molecule has 2 heterocycles. The van der Waals surface area contributed by atoms with Gasteiger partial charge in [-0.1, -0.05) is 27.2 Å². The minimum Gasteiger partial charge on any atom is -0.302 e. The first-order valence-electron chi connectivity index (χ1n) is 6.62. The maximum Gasteiger partial charge on any atom is 0.254 e. The summed E-state index contributed by atoms with van der Waals surface area (Å²) in [7, 11) is 3.67. The Kier molecular flexibility index (Phi) is 3.41. The van der Waals surface area contributed by atoms with Crippen molar-refractivity contribution >= 4 is 17.5 Å². The molecule has 0 spiro atoms. The molecule has 1 amide bonds. The molecule has 2 aliphatic heterocycles. The van der Waals surface area contributed by atoms with Gasteiger partial charge in [0.2, 0.25) is 0 Å². The number of carbonyl (C=O) groups is 1. The molecule has 5 nitrogen and oxygen atoms in total. The largest absolute Gasteiger partial charge is 0.302 e. The topological polar surface area (TPSA) is 48.3 Å². The van der Waals surface area contributed by atoms with E-state index in [1.807, 2.05) is 14.1 Å². The average molecular weight is 250 g/mol. The van der Waals surface area contributed by atoms with E-state index in [2.05, 4.69) is 25.9 Å². The zero-order chi connectivity index (χ0) is 13.4. The molecule has 18 heavy (non-hydrogen) atoms. The van der Waals surface area contributed by atoms with Crippen molar-refractivity contribution in [3.63, 3.8) is 0 Å². The lowest BCUT2D eigenvalue weighted by molar-refractivity contribution is -0.132. The van der Waals surface area contributed by atoms with Crippen LogP contribution in [0.15, 0.2) is 10.1 Å². The molecule has 0 aromatic heterocycles. The zero-order valence-corrected chi connectivity index (χ0v) is 11.8. The summed E-state index contributed by atoms with van der Waals surface area (Å²) in [6.07, 6.45) is 1.95. The summed E-state index contributed by atoms with van der Waals surface area (Å²) >= 11 is 0. The molecule has 2 rings (SSSR count). The minimum atomic E-state index is -0.237. The summed E-state index contributed by atoms with van der Waals surface area (Å²) in [5, 5.41) is 6.27. The van der Waals surface area contributed by atoms with Crippen LogP contribution in [0.3, 0.4) is 0 Å². The number of hydrazone groups is 1. The van der Waals surface area contributed by atoms with Gasteiger partial charge in [0.05, 0.1) is 5.71 Å². The van der Waals surface area contributed by atoms with E-state index >= 15 is 0 Å². The number of hydrogen-bond donors (Lipinski definition) is 0. The number of amides is 1. The SMILES string of the molecule is CCCC1=NN(C)C2C(=O)N(C)C(C(C)C)=NC12. The average Bonchev–Trinajstić information content (AvgIpc) is 2.60. The summed E-state index contributed by atoms with van der Waals surface area (Å²) < 4.78 is 0. The normalized spacial score (nSPS) is 27.6. The van der Waals surface area contributed by atoms with E-state index in [9.17, 15) is 4.79 Å². The van der Waals surface area contributed by atoms with Crippen molar-refractivity contribution in [1.29, 1.82) is 0 Å². The van der Waals surface area contributed by atoms with Gasteiger partial charge in [-0.2, -0.15) is 5.10 Å². The van der Waals surface area contributed by atoms with Crippen LogP contribution in [0.2, 0.25) is 0 Å². The quantitative estimate of drug-likeness (QED) is 0.759. The Balaban J connectivity index is 2.37. The standard InChI is InChI=1S/C13H22N4O/c1-6-7-9-10-11(17(5)15-9)13(18)16(4)12(14-10)8(2)3/h8,10-11H,6-7H2,1-5H3. The van der Waals surface area contributed by atoms with E-state index in [-0.39, 0.29) is 23.9 Å². The highest BCUT2D eigenvalue weighted by Gasteiger charge is 2.45. The predicted octanol–water partition coefficient (Wildman–Crippen LogP) is 1.35. The van der Waals surface area contributed by atoms with Crippen molar-refractivity contribution in [3.05, 3.63) is 0 Å². The predicted molar refractivity (Wildman–Crippen MR) is 72.7 cm³/mol. The Morgan fingerprint density at radius 1 is 1.33 bits per heavy atom. The van der Waals surface area contributed by atoms with E-state index in [4.69, 9.17) is 4.99 Å². The fraction of sp³-hybridized carbons (Fsp3) is 0.769. The summed E-state index contributed by atoms with van der Waals surface area (Å²) in [6.45, 7) is 6.26. The lowest BCUT2D eigenvalue weighted by atomic mass is 9.97. The first-order chi connectivity index (χ1) is 8.47. The molecule has 0 aromatic rings. The Labute approximate surface area is 109 Å². The molecular weight excluding hydrogens is 228 g/mol. The monoisotopic (exact) mass is 250 g/mol. The second kappa shape index (κ2) is 4.71. The molecule has 2 unspecified atom stereocenters. The van der Waals surface area contributed by atoms with Crippen molar-refractivity contribution < 1.29 is 4.79 Å². The van der Waals surface area contributed by atoms with Gasteiger partial charge in [-0.3, -0.25) is 14.8 Å². The molecule has 0 saturated carbocycles. The van der Waals surface area contributed by atoms with Gasteiger partial charge >= 0.3 is 0 Å². The van der Waals surface area contributed by atoms with Gasteiger partial charge in [0.1, 0.15) is 11.9 Å². The van der Waals surface area contributed by atoms with Gasteiger partial charge in [0.25, 0.3) is 5.91 Å².